The molecule has 7 heteroatoms. The Morgan fingerprint density at radius 1 is 1.06 bits per heavy atom. The second kappa shape index (κ2) is 11.0. The first-order valence-electron chi connectivity index (χ1n) is 12.1. The monoisotopic (exact) mass is 501 g/mol. The van der Waals surface area contributed by atoms with Crippen molar-refractivity contribution in [3.05, 3.63) is 101 Å². The quantitative estimate of drug-likeness (QED) is 0.282. The van der Waals surface area contributed by atoms with E-state index in [1.807, 2.05) is 90.8 Å². The number of amides is 1. The number of aryl methyl sites for hydroxylation is 1. The summed E-state index contributed by atoms with van der Waals surface area (Å²) in [6, 6.07) is 26.6. The van der Waals surface area contributed by atoms with Gasteiger partial charge < -0.3 is 14.4 Å². The lowest BCUT2D eigenvalue weighted by molar-refractivity contribution is 0.0506. The van der Waals surface area contributed by atoms with Gasteiger partial charge in [0.2, 0.25) is 5.88 Å². The van der Waals surface area contributed by atoms with E-state index in [4.69, 9.17) is 26.2 Å². The Labute approximate surface area is 216 Å². The number of para-hydroxylation sites is 1. The predicted octanol–water partition coefficient (Wildman–Crippen LogP) is 6.35. The van der Waals surface area contributed by atoms with E-state index >= 15 is 0 Å². The van der Waals surface area contributed by atoms with Gasteiger partial charge >= 0.3 is 0 Å². The molecule has 1 aliphatic rings. The van der Waals surface area contributed by atoms with Gasteiger partial charge in [0.1, 0.15) is 11.4 Å². The molecule has 1 aromatic heterocycles. The zero-order valence-corrected chi connectivity index (χ0v) is 20.9. The van der Waals surface area contributed by atoms with Gasteiger partial charge in [0, 0.05) is 31.3 Å². The predicted molar refractivity (Wildman–Crippen MR) is 140 cm³/mol. The molecule has 0 saturated carbocycles. The van der Waals surface area contributed by atoms with Crippen LogP contribution in [0.25, 0.3) is 11.3 Å². The van der Waals surface area contributed by atoms with Crippen molar-refractivity contribution in [2.24, 2.45) is 7.05 Å². The largest absolute Gasteiger partial charge is 0.437 e. The van der Waals surface area contributed by atoms with Crippen LogP contribution in [0.5, 0.6) is 11.6 Å². The van der Waals surface area contributed by atoms with Crippen molar-refractivity contribution in [1.82, 2.24) is 14.7 Å². The topological polar surface area (TPSA) is 56.6 Å². The average Bonchev–Trinajstić information content (AvgIpc) is 3.54. The molecule has 6 nitrogen and oxygen atoms in total. The summed E-state index contributed by atoms with van der Waals surface area (Å²) in [4.78, 5) is 15.5. The number of carbonyl (C=O) groups is 1. The molecule has 0 aliphatic carbocycles. The molecule has 0 radical (unpaired) electrons. The van der Waals surface area contributed by atoms with Crippen molar-refractivity contribution in [1.29, 1.82) is 0 Å². The zero-order valence-electron chi connectivity index (χ0n) is 20.1. The Morgan fingerprint density at radius 3 is 2.44 bits per heavy atom. The molecule has 5 rings (SSSR count). The molecule has 0 N–H and O–H groups in total. The van der Waals surface area contributed by atoms with E-state index in [0.717, 1.165) is 36.3 Å². The highest BCUT2D eigenvalue weighted by Gasteiger charge is 2.28. The van der Waals surface area contributed by atoms with Crippen LogP contribution in [0.2, 0.25) is 5.02 Å². The maximum absolute atomic E-state index is 13.7. The highest BCUT2D eigenvalue weighted by molar-refractivity contribution is 6.32. The molecule has 0 spiro atoms. The van der Waals surface area contributed by atoms with E-state index in [9.17, 15) is 4.79 Å². The smallest absolute Gasteiger partial charge is 0.254 e. The van der Waals surface area contributed by atoms with E-state index in [1.54, 1.807) is 10.7 Å². The van der Waals surface area contributed by atoms with Gasteiger partial charge in [0.15, 0.2) is 0 Å². The normalized spacial score (nSPS) is 15.1. The second-order valence-corrected chi connectivity index (χ2v) is 9.25. The van der Waals surface area contributed by atoms with Crippen molar-refractivity contribution >= 4 is 17.5 Å². The molecule has 0 bridgehead atoms. The maximum atomic E-state index is 13.7. The standard InChI is InChI=1S/C29H28ClN3O3/c1-32-29(36-26-17-9-8-16-25(26)30)24(27(31-32)21-11-4-2-5-12-21)20-33(19-23-15-10-18-35-23)28(34)22-13-6-3-7-14-22/h2-9,11-14,16-17,23H,10,15,18-20H2,1H3. The minimum absolute atomic E-state index is 0.00226. The summed E-state index contributed by atoms with van der Waals surface area (Å²) in [5, 5.41) is 5.31. The molecule has 2 heterocycles. The summed E-state index contributed by atoms with van der Waals surface area (Å²) < 4.78 is 13.9. The highest BCUT2D eigenvalue weighted by Crippen LogP contribution is 2.36. The fourth-order valence-corrected chi connectivity index (χ4v) is 4.66. The van der Waals surface area contributed by atoms with Crippen LogP contribution in [-0.2, 0) is 18.3 Å². The Morgan fingerprint density at radius 2 is 1.75 bits per heavy atom. The van der Waals surface area contributed by atoms with Gasteiger partial charge in [-0.2, -0.15) is 5.10 Å². The molecule has 1 fully saturated rings. The van der Waals surface area contributed by atoms with Gasteiger partial charge in [-0.3, -0.25) is 4.79 Å². The van der Waals surface area contributed by atoms with E-state index in [0.29, 0.717) is 35.3 Å². The molecular formula is C29H28ClN3O3. The summed E-state index contributed by atoms with van der Waals surface area (Å²) in [6.45, 7) is 1.52. The van der Waals surface area contributed by atoms with E-state index < -0.39 is 0 Å². The van der Waals surface area contributed by atoms with E-state index in [-0.39, 0.29) is 12.0 Å². The molecule has 3 aromatic carbocycles. The summed E-state index contributed by atoms with van der Waals surface area (Å²) in [6.07, 6.45) is 1.93. The number of hydrogen-bond donors (Lipinski definition) is 0. The SMILES string of the molecule is Cn1nc(-c2ccccc2)c(CN(CC2CCCO2)C(=O)c2ccccc2)c1Oc1ccccc1Cl. The number of rotatable bonds is 8. The number of hydrogen-bond acceptors (Lipinski definition) is 4. The first kappa shape index (κ1) is 24.1. The summed E-state index contributed by atoms with van der Waals surface area (Å²) in [5.41, 5.74) is 3.15. The van der Waals surface area contributed by atoms with Crippen LogP contribution < -0.4 is 4.74 Å². The third-order valence-electron chi connectivity index (χ3n) is 6.28. The first-order chi connectivity index (χ1) is 17.6. The fourth-order valence-electron chi connectivity index (χ4n) is 4.49. The summed E-state index contributed by atoms with van der Waals surface area (Å²) in [7, 11) is 1.84. The van der Waals surface area contributed by atoms with Gasteiger partial charge in [-0.15, -0.1) is 0 Å². The van der Waals surface area contributed by atoms with E-state index in [2.05, 4.69) is 0 Å². The number of nitrogens with zero attached hydrogens (tertiary/aromatic N) is 3. The summed E-state index contributed by atoms with van der Waals surface area (Å²) >= 11 is 6.42. The highest BCUT2D eigenvalue weighted by atomic mass is 35.5. The molecule has 1 saturated heterocycles. The second-order valence-electron chi connectivity index (χ2n) is 8.84. The number of aromatic nitrogens is 2. The van der Waals surface area contributed by atoms with Crippen LogP contribution in [-0.4, -0.2) is 39.8 Å². The van der Waals surface area contributed by atoms with Gasteiger partial charge in [0.25, 0.3) is 5.91 Å². The number of benzene rings is 3. The van der Waals surface area contributed by atoms with Gasteiger partial charge in [0.05, 0.1) is 23.2 Å². The number of ether oxygens (including phenoxy) is 2. The van der Waals surface area contributed by atoms with Crippen LogP contribution in [0.3, 0.4) is 0 Å². The first-order valence-corrected chi connectivity index (χ1v) is 12.5. The molecule has 184 valence electrons. The van der Waals surface area contributed by atoms with Gasteiger partial charge in [-0.05, 0) is 37.1 Å². The van der Waals surface area contributed by atoms with Gasteiger partial charge in [-0.25, -0.2) is 4.68 Å². The molecule has 1 aliphatic heterocycles. The Kier molecular flexibility index (Phi) is 7.35. The number of carbonyl (C=O) groups excluding carboxylic acids is 1. The van der Waals surface area contributed by atoms with Crippen LogP contribution in [0.1, 0.15) is 28.8 Å². The lowest BCUT2D eigenvalue weighted by Crippen LogP contribution is -2.37. The third-order valence-corrected chi connectivity index (χ3v) is 6.60. The summed E-state index contributed by atoms with van der Waals surface area (Å²) in [5.74, 6) is 1.01. The minimum atomic E-state index is -0.0577. The molecule has 36 heavy (non-hydrogen) atoms. The van der Waals surface area contributed by atoms with Crippen LogP contribution in [0, 0.1) is 0 Å². The van der Waals surface area contributed by atoms with E-state index in [1.165, 1.54) is 0 Å². The molecule has 1 amide bonds. The minimum Gasteiger partial charge on any atom is -0.437 e. The zero-order chi connectivity index (χ0) is 24.9. The Hall–Kier alpha value is -3.61. The Bertz CT molecular complexity index is 1320. The molecule has 1 atom stereocenters. The van der Waals surface area contributed by atoms with Crippen LogP contribution >= 0.6 is 11.6 Å². The van der Waals surface area contributed by atoms with Crippen molar-refractivity contribution in [2.45, 2.75) is 25.5 Å². The molecule has 1 unspecified atom stereocenters. The van der Waals surface area contributed by atoms with Crippen molar-refractivity contribution in [3.8, 4) is 22.9 Å². The molecule has 4 aromatic rings. The number of halogens is 1. The maximum Gasteiger partial charge on any atom is 0.254 e. The van der Waals surface area contributed by atoms with Crippen molar-refractivity contribution in [3.63, 3.8) is 0 Å². The fraction of sp³-hybridized carbons (Fsp3) is 0.241. The lowest BCUT2D eigenvalue weighted by Gasteiger charge is -2.26. The van der Waals surface area contributed by atoms with Gasteiger partial charge in [-0.1, -0.05) is 72.3 Å². The average molecular weight is 502 g/mol. The van der Waals surface area contributed by atoms with Crippen molar-refractivity contribution in [2.75, 3.05) is 13.2 Å². The lowest BCUT2D eigenvalue weighted by atomic mass is 10.1. The third kappa shape index (κ3) is 5.30. The van der Waals surface area contributed by atoms with Crippen molar-refractivity contribution < 1.29 is 14.3 Å². The van der Waals surface area contributed by atoms with Crippen LogP contribution in [0.15, 0.2) is 84.9 Å². The Balaban J connectivity index is 1.57. The van der Waals surface area contributed by atoms with Crippen LogP contribution in [0.4, 0.5) is 0 Å². The molecular weight excluding hydrogens is 474 g/mol.